The molecule has 1 saturated heterocycles. The Morgan fingerprint density at radius 2 is 1.48 bits per heavy atom. The smallest absolute Gasteiger partial charge is 0.260 e. The Balaban J connectivity index is 1.40. The van der Waals surface area contributed by atoms with Gasteiger partial charge in [0.1, 0.15) is 11.6 Å². The topological polar surface area (TPSA) is 32.8 Å². The summed E-state index contributed by atoms with van der Waals surface area (Å²) in [7, 11) is 0. The molecule has 0 aromatic heterocycles. The number of hydrogen-bond acceptors (Lipinski definition) is 3. The number of ether oxygens (including phenoxy) is 1. The lowest BCUT2D eigenvalue weighted by Crippen LogP contribution is -2.51. The molecule has 160 valence electrons. The number of nitrogens with zero attached hydrogens (tertiary/aromatic N) is 2. The van der Waals surface area contributed by atoms with E-state index in [2.05, 4.69) is 17.0 Å². The summed E-state index contributed by atoms with van der Waals surface area (Å²) in [6.07, 6.45) is 0. The third kappa shape index (κ3) is 5.43. The van der Waals surface area contributed by atoms with E-state index in [1.807, 2.05) is 35.2 Å². The molecule has 0 saturated carbocycles. The molecule has 0 radical (unpaired) electrons. The summed E-state index contributed by atoms with van der Waals surface area (Å²) < 4.78 is 19.1. The summed E-state index contributed by atoms with van der Waals surface area (Å²) in [5.74, 6) is 0.344. The molecule has 4 nitrogen and oxygen atoms in total. The third-order valence-electron chi connectivity index (χ3n) is 5.51. The van der Waals surface area contributed by atoms with Gasteiger partial charge in [-0.25, -0.2) is 4.39 Å². The minimum absolute atomic E-state index is 0.00169. The highest BCUT2D eigenvalue weighted by Crippen LogP contribution is 2.29. The summed E-state index contributed by atoms with van der Waals surface area (Å²) >= 11 is 5.88. The third-order valence-corrected chi connectivity index (χ3v) is 5.76. The van der Waals surface area contributed by atoms with Gasteiger partial charge < -0.3 is 9.64 Å². The van der Waals surface area contributed by atoms with Gasteiger partial charge in [-0.3, -0.25) is 9.69 Å². The average Bonchev–Trinajstić information content (AvgIpc) is 2.81. The molecule has 1 aliphatic rings. The van der Waals surface area contributed by atoms with Crippen LogP contribution in [0.4, 0.5) is 4.39 Å². The second-order valence-electron chi connectivity index (χ2n) is 7.52. The number of amides is 1. The molecule has 4 rings (SSSR count). The van der Waals surface area contributed by atoms with Gasteiger partial charge in [-0.05, 0) is 47.5 Å². The van der Waals surface area contributed by atoms with Crippen molar-refractivity contribution in [1.29, 1.82) is 0 Å². The van der Waals surface area contributed by atoms with Crippen LogP contribution in [-0.4, -0.2) is 48.5 Å². The first-order chi connectivity index (χ1) is 15.1. The Morgan fingerprint density at radius 1 is 0.871 bits per heavy atom. The number of piperazine rings is 1. The van der Waals surface area contributed by atoms with Crippen LogP contribution in [0.25, 0.3) is 0 Å². The molecule has 0 aliphatic carbocycles. The molecule has 1 fully saturated rings. The van der Waals surface area contributed by atoms with Crippen LogP contribution in [-0.2, 0) is 4.79 Å². The lowest BCUT2D eigenvalue weighted by atomic mass is 9.96. The van der Waals surface area contributed by atoms with Crippen molar-refractivity contribution in [3.63, 3.8) is 0 Å². The van der Waals surface area contributed by atoms with E-state index in [1.165, 1.54) is 12.1 Å². The van der Waals surface area contributed by atoms with E-state index >= 15 is 0 Å². The first-order valence-corrected chi connectivity index (χ1v) is 10.7. The summed E-state index contributed by atoms with van der Waals surface area (Å²) in [5, 5.41) is 0.629. The standard InChI is InChI=1S/C25H24ClFN2O2/c26-21-8-12-23(13-9-21)31-18-24(30)28-14-16-29(17-15-28)25(19-4-2-1-3-5-19)20-6-10-22(27)11-7-20/h1-13,25H,14-18H2/t25-/m1/s1. The Labute approximate surface area is 186 Å². The number of hydrogen-bond donors (Lipinski definition) is 0. The van der Waals surface area contributed by atoms with Gasteiger partial charge in [-0.15, -0.1) is 0 Å². The normalized spacial score (nSPS) is 15.5. The molecule has 1 amide bonds. The van der Waals surface area contributed by atoms with E-state index in [0.717, 1.165) is 24.2 Å². The monoisotopic (exact) mass is 438 g/mol. The fourth-order valence-corrected chi connectivity index (χ4v) is 4.02. The van der Waals surface area contributed by atoms with Crippen LogP contribution in [0.3, 0.4) is 0 Å². The molecule has 0 N–H and O–H groups in total. The molecule has 3 aromatic carbocycles. The zero-order chi connectivity index (χ0) is 21.6. The number of rotatable bonds is 6. The maximum absolute atomic E-state index is 13.5. The zero-order valence-corrected chi connectivity index (χ0v) is 17.8. The maximum Gasteiger partial charge on any atom is 0.260 e. The predicted molar refractivity (Wildman–Crippen MR) is 120 cm³/mol. The molecule has 0 unspecified atom stereocenters. The first kappa shape index (κ1) is 21.3. The van der Waals surface area contributed by atoms with Crippen LogP contribution in [0, 0.1) is 5.82 Å². The maximum atomic E-state index is 13.5. The summed E-state index contributed by atoms with van der Waals surface area (Å²) in [4.78, 5) is 16.8. The molecule has 1 aliphatic heterocycles. The number of carbonyl (C=O) groups excluding carboxylic acids is 1. The summed E-state index contributed by atoms with van der Waals surface area (Å²) in [5.41, 5.74) is 2.19. The van der Waals surface area contributed by atoms with Crippen molar-refractivity contribution in [3.8, 4) is 5.75 Å². The van der Waals surface area contributed by atoms with Gasteiger partial charge in [0, 0.05) is 31.2 Å². The second kappa shape index (κ2) is 9.94. The minimum Gasteiger partial charge on any atom is -0.484 e. The largest absolute Gasteiger partial charge is 0.484 e. The fraction of sp³-hybridized carbons (Fsp3) is 0.240. The number of carbonyl (C=O) groups is 1. The van der Waals surface area contributed by atoms with Crippen molar-refractivity contribution in [2.75, 3.05) is 32.8 Å². The fourth-order valence-electron chi connectivity index (χ4n) is 3.89. The molecular weight excluding hydrogens is 415 g/mol. The molecule has 0 spiro atoms. The Bertz CT molecular complexity index is 988. The van der Waals surface area contributed by atoms with Crippen LogP contribution >= 0.6 is 11.6 Å². The van der Waals surface area contributed by atoms with Gasteiger partial charge in [0.05, 0.1) is 6.04 Å². The van der Waals surface area contributed by atoms with E-state index in [0.29, 0.717) is 23.9 Å². The summed E-state index contributed by atoms with van der Waals surface area (Å²) in [6, 6.07) is 23.9. The molecule has 1 heterocycles. The Hall–Kier alpha value is -2.89. The van der Waals surface area contributed by atoms with Crippen LogP contribution in [0.2, 0.25) is 5.02 Å². The zero-order valence-electron chi connectivity index (χ0n) is 17.1. The molecule has 0 bridgehead atoms. The van der Waals surface area contributed by atoms with Crippen molar-refractivity contribution in [2.24, 2.45) is 0 Å². The van der Waals surface area contributed by atoms with E-state index < -0.39 is 0 Å². The van der Waals surface area contributed by atoms with E-state index in [4.69, 9.17) is 16.3 Å². The van der Waals surface area contributed by atoms with E-state index in [1.54, 1.807) is 24.3 Å². The van der Waals surface area contributed by atoms with E-state index in [9.17, 15) is 9.18 Å². The van der Waals surface area contributed by atoms with Gasteiger partial charge in [-0.1, -0.05) is 54.1 Å². The minimum atomic E-state index is -0.244. The highest BCUT2D eigenvalue weighted by atomic mass is 35.5. The van der Waals surface area contributed by atoms with Gasteiger partial charge in [0.25, 0.3) is 5.91 Å². The van der Waals surface area contributed by atoms with Crippen molar-refractivity contribution in [3.05, 3.63) is 101 Å². The average molecular weight is 439 g/mol. The number of halogens is 2. The lowest BCUT2D eigenvalue weighted by molar-refractivity contribution is -0.135. The van der Waals surface area contributed by atoms with Crippen molar-refractivity contribution in [1.82, 2.24) is 9.80 Å². The van der Waals surface area contributed by atoms with Crippen LogP contribution in [0.5, 0.6) is 5.75 Å². The molecule has 6 heteroatoms. The van der Waals surface area contributed by atoms with Crippen LogP contribution in [0.15, 0.2) is 78.9 Å². The quantitative estimate of drug-likeness (QED) is 0.554. The highest BCUT2D eigenvalue weighted by Gasteiger charge is 2.28. The van der Waals surface area contributed by atoms with Gasteiger partial charge >= 0.3 is 0 Å². The summed E-state index contributed by atoms with van der Waals surface area (Å²) in [6.45, 7) is 2.69. The molecule has 31 heavy (non-hydrogen) atoms. The van der Waals surface area contributed by atoms with Crippen LogP contribution in [0.1, 0.15) is 17.2 Å². The van der Waals surface area contributed by atoms with Crippen molar-refractivity contribution < 1.29 is 13.9 Å². The SMILES string of the molecule is O=C(COc1ccc(Cl)cc1)N1CCN([C@H](c2ccccc2)c2ccc(F)cc2)CC1. The molecular formula is C25H24ClFN2O2. The van der Waals surface area contributed by atoms with E-state index in [-0.39, 0.29) is 24.4 Å². The molecule has 3 aromatic rings. The molecule has 1 atom stereocenters. The van der Waals surface area contributed by atoms with Crippen molar-refractivity contribution in [2.45, 2.75) is 6.04 Å². The highest BCUT2D eigenvalue weighted by molar-refractivity contribution is 6.30. The van der Waals surface area contributed by atoms with Gasteiger partial charge in [0.2, 0.25) is 0 Å². The van der Waals surface area contributed by atoms with Crippen molar-refractivity contribution >= 4 is 17.5 Å². The second-order valence-corrected chi connectivity index (χ2v) is 7.96. The van der Waals surface area contributed by atoms with Gasteiger partial charge in [-0.2, -0.15) is 0 Å². The Morgan fingerprint density at radius 3 is 2.13 bits per heavy atom. The lowest BCUT2D eigenvalue weighted by Gasteiger charge is -2.39. The van der Waals surface area contributed by atoms with Crippen LogP contribution < -0.4 is 4.74 Å². The Kier molecular flexibility index (Phi) is 6.85. The van der Waals surface area contributed by atoms with Gasteiger partial charge in [0.15, 0.2) is 6.61 Å². The number of benzene rings is 3. The predicted octanol–water partition coefficient (Wildman–Crippen LogP) is 4.79. The first-order valence-electron chi connectivity index (χ1n) is 10.3.